The standard InChI is InChI=1S/C14H24O4/c1-5-6-7-8-9-10-11(2)14(17-12(3)15)18-13(4)16/h10,14H,5-9H2,1-4H3/b11-10+. The van der Waals surface area contributed by atoms with Crippen molar-refractivity contribution in [3.63, 3.8) is 0 Å². The van der Waals surface area contributed by atoms with E-state index in [1.807, 2.05) is 6.08 Å². The fourth-order valence-corrected chi connectivity index (χ4v) is 1.51. The van der Waals surface area contributed by atoms with E-state index in [4.69, 9.17) is 9.47 Å². The van der Waals surface area contributed by atoms with E-state index in [9.17, 15) is 9.59 Å². The molecule has 0 amide bonds. The van der Waals surface area contributed by atoms with E-state index in [1.165, 1.54) is 33.1 Å². The third kappa shape index (κ3) is 8.79. The molecule has 0 bridgehead atoms. The average Bonchev–Trinajstić information content (AvgIpc) is 2.26. The summed E-state index contributed by atoms with van der Waals surface area (Å²) in [5, 5.41) is 0. The van der Waals surface area contributed by atoms with Gasteiger partial charge in [0.1, 0.15) is 0 Å². The molecular formula is C14H24O4. The first kappa shape index (κ1) is 16.7. The van der Waals surface area contributed by atoms with Gasteiger partial charge in [-0.2, -0.15) is 0 Å². The fourth-order valence-electron chi connectivity index (χ4n) is 1.51. The van der Waals surface area contributed by atoms with Gasteiger partial charge in [0.15, 0.2) is 0 Å². The molecule has 0 rings (SSSR count). The van der Waals surface area contributed by atoms with Crippen molar-refractivity contribution in [1.82, 2.24) is 0 Å². The molecule has 0 fully saturated rings. The number of ether oxygens (including phenoxy) is 2. The van der Waals surface area contributed by atoms with Crippen molar-refractivity contribution in [3.8, 4) is 0 Å². The van der Waals surface area contributed by atoms with Gasteiger partial charge in [-0.25, -0.2) is 0 Å². The van der Waals surface area contributed by atoms with Gasteiger partial charge in [0.05, 0.1) is 0 Å². The second kappa shape index (κ2) is 9.68. The van der Waals surface area contributed by atoms with Crippen LogP contribution in [0.1, 0.15) is 59.8 Å². The molecule has 0 radical (unpaired) electrons. The molecule has 0 aliphatic rings. The lowest BCUT2D eigenvalue weighted by Crippen LogP contribution is -2.23. The molecule has 0 aromatic carbocycles. The van der Waals surface area contributed by atoms with Crippen molar-refractivity contribution >= 4 is 11.9 Å². The van der Waals surface area contributed by atoms with Gasteiger partial charge < -0.3 is 9.47 Å². The third-order valence-corrected chi connectivity index (χ3v) is 2.44. The van der Waals surface area contributed by atoms with Crippen LogP contribution in [-0.4, -0.2) is 18.2 Å². The summed E-state index contributed by atoms with van der Waals surface area (Å²) in [4.78, 5) is 21.8. The quantitative estimate of drug-likeness (QED) is 0.289. The molecule has 0 aliphatic heterocycles. The lowest BCUT2D eigenvalue weighted by molar-refractivity contribution is -0.178. The van der Waals surface area contributed by atoms with Crippen molar-refractivity contribution < 1.29 is 19.1 Å². The van der Waals surface area contributed by atoms with Gasteiger partial charge in [0.25, 0.3) is 6.29 Å². The largest absolute Gasteiger partial charge is 0.421 e. The predicted molar refractivity (Wildman–Crippen MR) is 69.8 cm³/mol. The van der Waals surface area contributed by atoms with Crippen LogP contribution in [0.4, 0.5) is 0 Å². The van der Waals surface area contributed by atoms with Gasteiger partial charge in [-0.05, 0) is 19.8 Å². The van der Waals surface area contributed by atoms with E-state index < -0.39 is 18.2 Å². The lowest BCUT2D eigenvalue weighted by Gasteiger charge is -2.17. The third-order valence-electron chi connectivity index (χ3n) is 2.44. The number of allylic oxidation sites excluding steroid dienone is 1. The topological polar surface area (TPSA) is 52.6 Å². The first-order chi connectivity index (χ1) is 8.47. The first-order valence-electron chi connectivity index (χ1n) is 6.48. The van der Waals surface area contributed by atoms with E-state index in [2.05, 4.69) is 6.92 Å². The highest BCUT2D eigenvalue weighted by atomic mass is 16.7. The molecule has 0 spiro atoms. The van der Waals surface area contributed by atoms with E-state index in [0.29, 0.717) is 0 Å². The molecule has 4 heteroatoms. The molecule has 18 heavy (non-hydrogen) atoms. The summed E-state index contributed by atoms with van der Waals surface area (Å²) in [6.45, 7) is 6.56. The summed E-state index contributed by atoms with van der Waals surface area (Å²) >= 11 is 0. The van der Waals surface area contributed by atoms with E-state index in [1.54, 1.807) is 6.92 Å². The molecule has 0 atom stereocenters. The zero-order valence-corrected chi connectivity index (χ0v) is 11.8. The molecule has 0 aliphatic carbocycles. The molecule has 4 nitrogen and oxygen atoms in total. The second-order valence-corrected chi connectivity index (χ2v) is 4.35. The molecular weight excluding hydrogens is 232 g/mol. The van der Waals surface area contributed by atoms with Crippen LogP contribution in [0.5, 0.6) is 0 Å². The minimum absolute atomic E-state index is 0.458. The van der Waals surface area contributed by atoms with Gasteiger partial charge in [-0.15, -0.1) is 0 Å². The van der Waals surface area contributed by atoms with Crippen molar-refractivity contribution in [2.75, 3.05) is 0 Å². The highest BCUT2D eigenvalue weighted by Gasteiger charge is 2.16. The molecule has 0 heterocycles. The normalized spacial score (nSPS) is 11.5. The summed E-state index contributed by atoms with van der Waals surface area (Å²) < 4.78 is 9.90. The average molecular weight is 256 g/mol. The molecule has 104 valence electrons. The number of unbranched alkanes of at least 4 members (excludes halogenated alkanes) is 4. The van der Waals surface area contributed by atoms with Crippen molar-refractivity contribution in [2.45, 2.75) is 66.1 Å². The van der Waals surface area contributed by atoms with Crippen molar-refractivity contribution in [3.05, 3.63) is 11.6 Å². The maximum absolute atomic E-state index is 10.9. The molecule has 0 aromatic rings. The first-order valence-corrected chi connectivity index (χ1v) is 6.48. The minimum atomic E-state index is -0.883. The van der Waals surface area contributed by atoms with Crippen molar-refractivity contribution in [1.29, 1.82) is 0 Å². The summed E-state index contributed by atoms with van der Waals surface area (Å²) in [7, 11) is 0. The monoisotopic (exact) mass is 256 g/mol. The smallest absolute Gasteiger partial charge is 0.305 e. The second-order valence-electron chi connectivity index (χ2n) is 4.35. The van der Waals surface area contributed by atoms with Crippen LogP contribution in [0.15, 0.2) is 11.6 Å². The highest BCUT2D eigenvalue weighted by molar-refractivity contribution is 5.68. The number of carbonyl (C=O) groups excluding carboxylic acids is 2. The van der Waals surface area contributed by atoms with Gasteiger partial charge >= 0.3 is 11.9 Å². The Morgan fingerprint density at radius 3 is 2.00 bits per heavy atom. The van der Waals surface area contributed by atoms with Crippen LogP contribution in [0.2, 0.25) is 0 Å². The Kier molecular flexibility index (Phi) is 8.97. The summed E-state index contributed by atoms with van der Waals surface area (Å²) in [5.41, 5.74) is 0.761. The van der Waals surface area contributed by atoms with Crippen LogP contribution in [0, 0.1) is 0 Å². The Balaban J connectivity index is 4.25. The maximum Gasteiger partial charge on any atom is 0.305 e. The Bertz CT molecular complexity index is 278. The van der Waals surface area contributed by atoms with Crippen molar-refractivity contribution in [2.24, 2.45) is 0 Å². The Morgan fingerprint density at radius 1 is 1.00 bits per heavy atom. The summed E-state index contributed by atoms with van der Waals surface area (Å²) in [6.07, 6.45) is 6.70. The molecule has 0 saturated carbocycles. The molecule has 0 saturated heterocycles. The minimum Gasteiger partial charge on any atom is -0.421 e. The number of carbonyl (C=O) groups is 2. The predicted octanol–water partition coefficient (Wildman–Crippen LogP) is 3.36. The fraction of sp³-hybridized carbons (Fsp3) is 0.714. The number of hydrogen-bond donors (Lipinski definition) is 0. The van der Waals surface area contributed by atoms with E-state index in [-0.39, 0.29) is 0 Å². The van der Waals surface area contributed by atoms with Crippen LogP contribution in [0.3, 0.4) is 0 Å². The van der Waals surface area contributed by atoms with Crippen LogP contribution in [0.25, 0.3) is 0 Å². The summed E-state index contributed by atoms with van der Waals surface area (Å²) in [6, 6.07) is 0. The van der Waals surface area contributed by atoms with Gasteiger partial charge in [0.2, 0.25) is 0 Å². The SMILES string of the molecule is CCCCCC/C=C(\C)C(OC(C)=O)OC(C)=O. The van der Waals surface area contributed by atoms with Gasteiger partial charge in [-0.1, -0.05) is 32.3 Å². The Hall–Kier alpha value is -1.32. The van der Waals surface area contributed by atoms with Crippen LogP contribution < -0.4 is 0 Å². The maximum atomic E-state index is 10.9. The Labute approximate surface area is 109 Å². The summed E-state index contributed by atoms with van der Waals surface area (Å²) in [5.74, 6) is -0.917. The number of esters is 2. The lowest BCUT2D eigenvalue weighted by atomic mass is 10.1. The number of hydrogen-bond acceptors (Lipinski definition) is 4. The van der Waals surface area contributed by atoms with Crippen LogP contribution in [-0.2, 0) is 19.1 Å². The molecule has 0 unspecified atom stereocenters. The number of rotatable bonds is 8. The highest BCUT2D eigenvalue weighted by Crippen LogP contribution is 2.12. The molecule has 0 aromatic heterocycles. The molecule has 0 N–H and O–H groups in total. The zero-order chi connectivity index (χ0) is 14.0. The van der Waals surface area contributed by atoms with Gasteiger partial charge in [0, 0.05) is 19.4 Å². The Morgan fingerprint density at radius 2 is 1.56 bits per heavy atom. The van der Waals surface area contributed by atoms with Crippen LogP contribution >= 0.6 is 0 Å². The van der Waals surface area contributed by atoms with E-state index in [0.717, 1.165) is 18.4 Å². The van der Waals surface area contributed by atoms with Gasteiger partial charge in [-0.3, -0.25) is 9.59 Å². The zero-order valence-electron chi connectivity index (χ0n) is 11.8. The van der Waals surface area contributed by atoms with E-state index >= 15 is 0 Å².